The largest absolute Gasteiger partial charge is 0.382 e. The molecule has 0 radical (unpaired) electrons. The number of nitrogens with one attached hydrogen (secondary N) is 1. The Morgan fingerprint density at radius 3 is 2.37 bits per heavy atom. The van der Waals surface area contributed by atoms with Crippen molar-refractivity contribution in [3.8, 4) is 0 Å². The van der Waals surface area contributed by atoms with E-state index in [2.05, 4.69) is 16.6 Å². The number of hydrogen-bond donors (Lipinski definition) is 2. The van der Waals surface area contributed by atoms with E-state index in [1.165, 1.54) is 62.9 Å². The van der Waals surface area contributed by atoms with Crippen LogP contribution in [0.15, 0.2) is 4.90 Å². The summed E-state index contributed by atoms with van der Waals surface area (Å²) in [6.07, 6.45) is 12.9. The van der Waals surface area contributed by atoms with Gasteiger partial charge in [-0.1, -0.05) is 51.9 Å². The first-order valence-electron chi connectivity index (χ1n) is 7.32. The van der Waals surface area contributed by atoms with Crippen molar-refractivity contribution in [2.45, 2.75) is 63.2 Å². The molecule has 0 atom stereocenters. The first-order chi connectivity index (χ1) is 9.29. The van der Waals surface area contributed by atoms with Crippen LogP contribution in [-0.2, 0) is 0 Å². The fourth-order valence-electron chi connectivity index (χ4n) is 2.06. The van der Waals surface area contributed by atoms with Gasteiger partial charge in [0.1, 0.15) is 5.00 Å². The average Bonchev–Trinajstić information content (AvgIpc) is 2.77. The van der Waals surface area contributed by atoms with Crippen LogP contribution < -0.4 is 11.1 Å². The molecule has 0 aliphatic carbocycles. The van der Waals surface area contributed by atoms with E-state index in [0.29, 0.717) is 5.82 Å². The highest BCUT2D eigenvalue weighted by atomic mass is 32.2. The number of hydrogen-bond acceptors (Lipinski definition) is 5. The molecule has 0 fully saturated rings. The Balaban J connectivity index is 2.01. The maximum Gasteiger partial charge on any atom is 0.153 e. The highest BCUT2D eigenvalue weighted by Gasteiger charge is 2.09. The topological polar surface area (TPSA) is 50.9 Å². The van der Waals surface area contributed by atoms with Crippen LogP contribution in [0.4, 0.5) is 10.8 Å². The van der Waals surface area contributed by atoms with Gasteiger partial charge >= 0.3 is 0 Å². The molecule has 1 rings (SSSR count). The summed E-state index contributed by atoms with van der Waals surface area (Å²) in [6, 6.07) is 0. The van der Waals surface area contributed by atoms with E-state index in [9.17, 15) is 0 Å². The molecule has 110 valence electrons. The van der Waals surface area contributed by atoms with Crippen LogP contribution in [0.1, 0.15) is 58.3 Å². The van der Waals surface area contributed by atoms with Crippen molar-refractivity contribution in [2.75, 3.05) is 23.9 Å². The minimum Gasteiger partial charge on any atom is -0.382 e. The van der Waals surface area contributed by atoms with Gasteiger partial charge in [0.25, 0.3) is 0 Å². The van der Waals surface area contributed by atoms with Crippen molar-refractivity contribution >= 4 is 34.1 Å². The smallest absolute Gasteiger partial charge is 0.153 e. The summed E-state index contributed by atoms with van der Waals surface area (Å²) in [5.41, 5.74) is 5.80. The number of anilines is 2. The van der Waals surface area contributed by atoms with E-state index >= 15 is 0 Å². The zero-order valence-corrected chi connectivity index (χ0v) is 13.8. The molecule has 0 aliphatic heterocycles. The number of aromatic nitrogens is 1. The van der Waals surface area contributed by atoms with E-state index in [4.69, 9.17) is 5.73 Å². The molecule has 0 aromatic carbocycles. The molecule has 0 aliphatic rings. The molecule has 1 heterocycles. The van der Waals surface area contributed by atoms with Crippen LogP contribution in [0.5, 0.6) is 0 Å². The second kappa shape index (κ2) is 10.4. The van der Waals surface area contributed by atoms with Gasteiger partial charge in [-0.15, -0.1) is 11.8 Å². The summed E-state index contributed by atoms with van der Waals surface area (Å²) in [4.78, 5) is 1.10. The number of nitrogens with zero attached hydrogens (tertiary/aromatic N) is 1. The molecular weight excluding hydrogens is 274 g/mol. The molecule has 3 nitrogen and oxygen atoms in total. The summed E-state index contributed by atoms with van der Waals surface area (Å²) in [6.45, 7) is 3.30. The van der Waals surface area contributed by atoms with Gasteiger partial charge in [0.2, 0.25) is 0 Å². The Hall–Kier alpha value is -0.420. The molecule has 0 amide bonds. The second-order valence-electron chi connectivity index (χ2n) is 4.83. The molecule has 5 heteroatoms. The fraction of sp³-hybridized carbons (Fsp3) is 0.786. The molecule has 1 aromatic rings. The second-order valence-corrected chi connectivity index (χ2v) is 6.42. The molecule has 0 spiro atoms. The lowest BCUT2D eigenvalue weighted by atomic mass is 10.1. The van der Waals surface area contributed by atoms with E-state index < -0.39 is 0 Å². The number of unbranched alkanes of at least 4 members (excludes halogenated alkanes) is 7. The van der Waals surface area contributed by atoms with Gasteiger partial charge in [0, 0.05) is 6.54 Å². The number of rotatable bonds is 11. The molecule has 0 bridgehead atoms. The SMILES string of the molecule is CCCCCCCCCCNc1snc(N)c1SC. The van der Waals surface area contributed by atoms with Crippen molar-refractivity contribution in [3.63, 3.8) is 0 Å². The Bertz CT molecular complexity index is 339. The van der Waals surface area contributed by atoms with Crippen LogP contribution in [0.3, 0.4) is 0 Å². The molecule has 19 heavy (non-hydrogen) atoms. The Morgan fingerprint density at radius 1 is 1.11 bits per heavy atom. The van der Waals surface area contributed by atoms with Gasteiger partial charge in [-0.2, -0.15) is 4.37 Å². The van der Waals surface area contributed by atoms with Gasteiger partial charge in [-0.05, 0) is 24.2 Å². The van der Waals surface area contributed by atoms with Crippen molar-refractivity contribution in [1.82, 2.24) is 4.37 Å². The third-order valence-electron chi connectivity index (χ3n) is 3.19. The molecular formula is C14H27N3S2. The van der Waals surface area contributed by atoms with Crippen LogP contribution in [0.25, 0.3) is 0 Å². The quantitative estimate of drug-likeness (QED) is 0.446. The van der Waals surface area contributed by atoms with Gasteiger partial charge < -0.3 is 11.1 Å². The maximum absolute atomic E-state index is 5.80. The lowest BCUT2D eigenvalue weighted by Gasteiger charge is -2.05. The highest BCUT2D eigenvalue weighted by Crippen LogP contribution is 2.34. The number of nitrogens with two attached hydrogens (primary N) is 1. The van der Waals surface area contributed by atoms with Crippen molar-refractivity contribution in [1.29, 1.82) is 0 Å². The summed E-state index contributed by atoms with van der Waals surface area (Å²) >= 11 is 3.14. The Labute approximate surface area is 125 Å². The predicted octanol–water partition coefficient (Wildman–Crippen LogP) is 5.00. The van der Waals surface area contributed by atoms with Gasteiger partial charge in [0.15, 0.2) is 5.82 Å². The maximum atomic E-state index is 5.80. The Morgan fingerprint density at radius 2 is 1.74 bits per heavy atom. The monoisotopic (exact) mass is 301 g/mol. The first kappa shape index (κ1) is 16.6. The van der Waals surface area contributed by atoms with Crippen LogP contribution >= 0.6 is 23.3 Å². The van der Waals surface area contributed by atoms with Crippen LogP contribution in [0.2, 0.25) is 0 Å². The zero-order valence-electron chi connectivity index (χ0n) is 12.2. The molecule has 0 saturated heterocycles. The van der Waals surface area contributed by atoms with E-state index in [1.54, 1.807) is 11.8 Å². The molecule has 3 N–H and O–H groups in total. The first-order valence-corrected chi connectivity index (χ1v) is 9.32. The third-order valence-corrected chi connectivity index (χ3v) is 4.96. The van der Waals surface area contributed by atoms with Crippen LogP contribution in [0, 0.1) is 0 Å². The predicted molar refractivity (Wildman–Crippen MR) is 89.4 cm³/mol. The minimum atomic E-state index is 0.663. The fourth-order valence-corrected chi connectivity index (χ4v) is 3.63. The van der Waals surface area contributed by atoms with Gasteiger partial charge in [-0.3, -0.25) is 0 Å². The minimum absolute atomic E-state index is 0.663. The normalized spacial score (nSPS) is 10.8. The van der Waals surface area contributed by atoms with Crippen molar-refractivity contribution < 1.29 is 0 Å². The Kier molecular flexibility index (Phi) is 9.08. The van der Waals surface area contributed by atoms with Gasteiger partial charge in [0.05, 0.1) is 4.90 Å². The van der Waals surface area contributed by atoms with Crippen molar-refractivity contribution in [3.05, 3.63) is 0 Å². The van der Waals surface area contributed by atoms with Gasteiger partial charge in [-0.25, -0.2) is 0 Å². The third kappa shape index (κ3) is 6.52. The van der Waals surface area contributed by atoms with Crippen LogP contribution in [-0.4, -0.2) is 17.2 Å². The summed E-state index contributed by atoms with van der Waals surface area (Å²) in [5.74, 6) is 0.663. The summed E-state index contributed by atoms with van der Waals surface area (Å²) in [7, 11) is 0. The van der Waals surface area contributed by atoms with Crippen molar-refractivity contribution in [2.24, 2.45) is 0 Å². The average molecular weight is 302 g/mol. The molecule has 0 unspecified atom stereocenters. The summed E-state index contributed by atoms with van der Waals surface area (Å²) < 4.78 is 4.18. The van der Waals surface area contributed by atoms with E-state index in [1.807, 2.05) is 6.26 Å². The number of nitrogen functional groups attached to an aromatic ring is 1. The zero-order chi connectivity index (χ0) is 13.9. The van der Waals surface area contributed by atoms with E-state index in [-0.39, 0.29) is 0 Å². The lowest BCUT2D eigenvalue weighted by molar-refractivity contribution is 0.581. The molecule has 0 saturated carbocycles. The standard InChI is InChI=1S/C14H27N3S2/c1-3-4-5-6-7-8-9-10-11-16-14-12(18-2)13(15)17-19-14/h16H,3-11H2,1-2H3,(H2,15,17). The van der Waals surface area contributed by atoms with E-state index in [0.717, 1.165) is 16.4 Å². The number of thioether (sulfide) groups is 1. The molecule has 1 aromatic heterocycles. The highest BCUT2D eigenvalue weighted by molar-refractivity contribution is 7.99. The summed E-state index contributed by atoms with van der Waals surface area (Å²) in [5, 5.41) is 4.58. The lowest BCUT2D eigenvalue weighted by Crippen LogP contribution is -2.00.